The highest BCUT2D eigenvalue weighted by Crippen LogP contribution is 2.06. The minimum absolute atomic E-state index is 0.602. The van der Waals surface area contributed by atoms with Gasteiger partial charge in [-0.2, -0.15) is 0 Å². The van der Waals surface area contributed by atoms with Gasteiger partial charge in [0.2, 0.25) is 5.88 Å². The van der Waals surface area contributed by atoms with Gasteiger partial charge in [0.25, 0.3) is 0 Å². The van der Waals surface area contributed by atoms with Gasteiger partial charge in [0.05, 0.1) is 12.8 Å². The smallest absolute Gasteiger partial charge is 0.213 e. The van der Waals surface area contributed by atoms with E-state index in [4.69, 9.17) is 9.94 Å². The van der Waals surface area contributed by atoms with E-state index in [1.54, 1.807) is 18.3 Å². The number of pyridine rings is 1. The molecule has 1 rings (SSSR count). The van der Waals surface area contributed by atoms with E-state index in [9.17, 15) is 0 Å². The van der Waals surface area contributed by atoms with Crippen LogP contribution in [0.25, 0.3) is 0 Å². The summed E-state index contributed by atoms with van der Waals surface area (Å²) in [6.45, 7) is 8.17. The molecule has 0 saturated carbocycles. The van der Waals surface area contributed by atoms with Crippen LogP contribution in [-0.4, -0.2) is 47.5 Å². The minimum atomic E-state index is 0.602. The number of nitrogens with zero attached hydrogens (tertiary/aromatic N) is 3. The van der Waals surface area contributed by atoms with E-state index in [0.717, 1.165) is 31.6 Å². The first kappa shape index (κ1) is 14.4. The van der Waals surface area contributed by atoms with Crippen LogP contribution in [0.15, 0.2) is 23.5 Å². The number of aromatic nitrogens is 1. The first-order valence-electron chi connectivity index (χ1n) is 6.28. The molecule has 0 fully saturated rings. The van der Waals surface area contributed by atoms with Crippen molar-refractivity contribution in [2.75, 3.05) is 26.2 Å². The fourth-order valence-electron chi connectivity index (χ4n) is 1.62. The zero-order valence-electron chi connectivity index (χ0n) is 11.0. The van der Waals surface area contributed by atoms with Crippen LogP contribution in [-0.2, 0) is 0 Å². The summed E-state index contributed by atoms with van der Waals surface area (Å²) in [5, 5.41) is 11.3. The Morgan fingerprint density at radius 3 is 2.72 bits per heavy atom. The summed E-state index contributed by atoms with van der Waals surface area (Å²) in [5.74, 6) is 0.602. The maximum Gasteiger partial charge on any atom is 0.213 e. The summed E-state index contributed by atoms with van der Waals surface area (Å²) in [4.78, 5) is 6.47. The Labute approximate surface area is 108 Å². The molecular formula is C13H21N3O2. The highest BCUT2D eigenvalue weighted by molar-refractivity contribution is 5.78. The Kier molecular flexibility index (Phi) is 6.79. The summed E-state index contributed by atoms with van der Waals surface area (Å²) in [5.41, 5.74) is 0.744. The molecule has 0 aliphatic heterocycles. The van der Waals surface area contributed by atoms with Crippen molar-refractivity contribution in [2.24, 2.45) is 5.16 Å². The van der Waals surface area contributed by atoms with Crippen molar-refractivity contribution in [1.29, 1.82) is 0 Å². The third kappa shape index (κ3) is 5.14. The average Bonchev–Trinajstić information content (AvgIpc) is 2.41. The topological polar surface area (TPSA) is 58.0 Å². The summed E-state index contributed by atoms with van der Waals surface area (Å²) >= 11 is 0. The van der Waals surface area contributed by atoms with Gasteiger partial charge in [-0.15, -0.1) is 0 Å². The SMILES string of the molecule is CCN(CC)CCCOc1ccc(/C=N\O)cn1. The fraction of sp³-hybridized carbons (Fsp3) is 0.538. The van der Waals surface area contributed by atoms with Gasteiger partial charge in [-0.25, -0.2) is 4.98 Å². The van der Waals surface area contributed by atoms with Crippen molar-refractivity contribution >= 4 is 6.21 Å². The summed E-state index contributed by atoms with van der Waals surface area (Å²) < 4.78 is 5.53. The monoisotopic (exact) mass is 251 g/mol. The third-order valence-corrected chi connectivity index (χ3v) is 2.73. The second-order valence-electron chi connectivity index (χ2n) is 3.90. The fourth-order valence-corrected chi connectivity index (χ4v) is 1.62. The third-order valence-electron chi connectivity index (χ3n) is 2.73. The van der Waals surface area contributed by atoms with Gasteiger partial charge in [0.15, 0.2) is 0 Å². The molecule has 18 heavy (non-hydrogen) atoms. The number of oxime groups is 1. The largest absolute Gasteiger partial charge is 0.478 e. The zero-order chi connectivity index (χ0) is 13.2. The first-order chi connectivity index (χ1) is 8.80. The molecule has 0 aromatic carbocycles. The van der Waals surface area contributed by atoms with E-state index >= 15 is 0 Å². The predicted octanol–water partition coefficient (Wildman–Crippen LogP) is 2.00. The van der Waals surface area contributed by atoms with Crippen molar-refractivity contribution in [2.45, 2.75) is 20.3 Å². The molecule has 100 valence electrons. The Morgan fingerprint density at radius 2 is 2.17 bits per heavy atom. The molecule has 0 radical (unpaired) electrons. The Hall–Kier alpha value is -1.62. The zero-order valence-corrected chi connectivity index (χ0v) is 11.0. The van der Waals surface area contributed by atoms with Gasteiger partial charge in [0, 0.05) is 24.4 Å². The molecule has 0 saturated heterocycles. The van der Waals surface area contributed by atoms with Crippen LogP contribution in [0.3, 0.4) is 0 Å². The van der Waals surface area contributed by atoms with E-state index in [1.807, 2.05) is 0 Å². The van der Waals surface area contributed by atoms with Crippen LogP contribution < -0.4 is 4.74 Å². The molecule has 5 heteroatoms. The highest BCUT2D eigenvalue weighted by atomic mass is 16.5. The Balaban J connectivity index is 2.27. The Morgan fingerprint density at radius 1 is 1.39 bits per heavy atom. The standard InChI is InChI=1S/C13H21N3O2/c1-3-16(4-2)8-5-9-18-13-7-6-12(10-14-13)11-15-17/h6-7,10-11,17H,3-5,8-9H2,1-2H3/b15-11-. The first-order valence-corrected chi connectivity index (χ1v) is 6.28. The lowest BCUT2D eigenvalue weighted by atomic mass is 10.3. The second-order valence-corrected chi connectivity index (χ2v) is 3.90. The van der Waals surface area contributed by atoms with Crippen LogP contribution >= 0.6 is 0 Å². The molecular weight excluding hydrogens is 230 g/mol. The predicted molar refractivity (Wildman–Crippen MR) is 71.5 cm³/mol. The molecule has 0 unspecified atom stereocenters. The van der Waals surface area contributed by atoms with Crippen LogP contribution in [0, 0.1) is 0 Å². The van der Waals surface area contributed by atoms with Crippen molar-refractivity contribution in [3.05, 3.63) is 23.9 Å². The molecule has 1 aromatic heterocycles. The summed E-state index contributed by atoms with van der Waals surface area (Å²) in [6.07, 6.45) is 3.93. The summed E-state index contributed by atoms with van der Waals surface area (Å²) in [7, 11) is 0. The number of hydrogen-bond acceptors (Lipinski definition) is 5. The maximum atomic E-state index is 8.37. The molecule has 5 nitrogen and oxygen atoms in total. The van der Waals surface area contributed by atoms with E-state index < -0.39 is 0 Å². The van der Waals surface area contributed by atoms with Crippen molar-refractivity contribution < 1.29 is 9.94 Å². The quantitative estimate of drug-likeness (QED) is 0.332. The lowest BCUT2D eigenvalue weighted by Gasteiger charge is -2.17. The molecule has 0 atom stereocenters. The van der Waals surface area contributed by atoms with Gasteiger partial charge in [-0.05, 0) is 25.6 Å². The lowest BCUT2D eigenvalue weighted by molar-refractivity contribution is 0.244. The second kappa shape index (κ2) is 8.47. The number of ether oxygens (including phenoxy) is 1. The van der Waals surface area contributed by atoms with E-state index in [2.05, 4.69) is 28.9 Å². The molecule has 0 aliphatic carbocycles. The maximum absolute atomic E-state index is 8.37. The van der Waals surface area contributed by atoms with Gasteiger partial charge >= 0.3 is 0 Å². The summed E-state index contributed by atoms with van der Waals surface area (Å²) in [6, 6.07) is 3.57. The van der Waals surface area contributed by atoms with Crippen molar-refractivity contribution in [1.82, 2.24) is 9.88 Å². The average molecular weight is 251 g/mol. The molecule has 0 spiro atoms. The minimum Gasteiger partial charge on any atom is -0.478 e. The van der Waals surface area contributed by atoms with E-state index in [0.29, 0.717) is 12.5 Å². The Bertz CT molecular complexity index is 348. The molecule has 0 amide bonds. The van der Waals surface area contributed by atoms with Gasteiger partial charge in [-0.1, -0.05) is 19.0 Å². The van der Waals surface area contributed by atoms with Crippen molar-refractivity contribution in [3.8, 4) is 5.88 Å². The van der Waals surface area contributed by atoms with Gasteiger partial charge < -0.3 is 14.8 Å². The number of hydrogen-bond donors (Lipinski definition) is 1. The van der Waals surface area contributed by atoms with Crippen molar-refractivity contribution in [3.63, 3.8) is 0 Å². The van der Waals surface area contributed by atoms with Crippen LogP contribution in [0.2, 0.25) is 0 Å². The van der Waals surface area contributed by atoms with E-state index in [1.165, 1.54) is 6.21 Å². The van der Waals surface area contributed by atoms with Gasteiger partial charge in [-0.3, -0.25) is 0 Å². The van der Waals surface area contributed by atoms with E-state index in [-0.39, 0.29) is 0 Å². The molecule has 1 N–H and O–H groups in total. The highest BCUT2D eigenvalue weighted by Gasteiger charge is 1.99. The van der Waals surface area contributed by atoms with Gasteiger partial charge in [0.1, 0.15) is 0 Å². The number of rotatable bonds is 8. The molecule has 1 aromatic rings. The normalized spacial score (nSPS) is 11.3. The van der Waals surface area contributed by atoms with Crippen LogP contribution in [0.1, 0.15) is 25.8 Å². The lowest BCUT2D eigenvalue weighted by Crippen LogP contribution is -2.25. The van der Waals surface area contributed by atoms with Crippen LogP contribution in [0.4, 0.5) is 0 Å². The molecule has 0 aliphatic rings. The van der Waals surface area contributed by atoms with Crippen LogP contribution in [0.5, 0.6) is 5.88 Å². The molecule has 0 bridgehead atoms. The molecule has 1 heterocycles.